The quantitative estimate of drug-likeness (QED) is 0.191. The Hall–Kier alpha value is -3.44. The molecule has 2 fully saturated rings. The van der Waals surface area contributed by atoms with Crippen LogP contribution in [0.5, 0.6) is 5.75 Å². The van der Waals surface area contributed by atoms with Crippen LogP contribution in [0, 0.1) is 19.8 Å². The van der Waals surface area contributed by atoms with Gasteiger partial charge in [-0.15, -0.1) is 0 Å². The van der Waals surface area contributed by atoms with Gasteiger partial charge in [-0.3, -0.25) is 4.79 Å². The van der Waals surface area contributed by atoms with E-state index in [2.05, 4.69) is 0 Å². The molecule has 0 amide bonds. The largest absolute Gasteiger partial charge is 0.481 e. The number of carboxylic acid groups (broad SMARTS) is 1. The third kappa shape index (κ3) is 5.64. The molecule has 10 heteroatoms. The number of hydrogen-bond acceptors (Lipinski definition) is 7. The Morgan fingerprint density at radius 1 is 1.17 bits per heavy atom. The minimum atomic E-state index is -1.44. The van der Waals surface area contributed by atoms with Crippen molar-refractivity contribution in [1.29, 1.82) is 0 Å². The van der Waals surface area contributed by atoms with Crippen LogP contribution in [0.2, 0.25) is 0 Å². The Bertz CT molecular complexity index is 1540. The molecule has 2 atom stereocenters. The third-order valence-corrected chi connectivity index (χ3v) is 10.1. The van der Waals surface area contributed by atoms with Crippen LogP contribution in [0.3, 0.4) is 0 Å². The molecule has 3 aromatic rings. The van der Waals surface area contributed by atoms with Crippen LogP contribution >= 0.6 is 0 Å². The number of benzene rings is 3. The zero-order valence-corrected chi connectivity index (χ0v) is 24.9. The van der Waals surface area contributed by atoms with Gasteiger partial charge in [0.15, 0.2) is 5.60 Å². The number of ether oxygens (including phenoxy) is 2. The van der Waals surface area contributed by atoms with Gasteiger partial charge in [0, 0.05) is 19.0 Å². The highest BCUT2D eigenvalue weighted by Crippen LogP contribution is 2.40. The molecular weight excluding hydrogens is 552 g/mol. The summed E-state index contributed by atoms with van der Waals surface area (Å²) in [5, 5.41) is 11.6. The van der Waals surface area contributed by atoms with E-state index in [1.807, 2.05) is 72.7 Å². The fourth-order valence-corrected chi connectivity index (χ4v) is 7.31. The summed E-state index contributed by atoms with van der Waals surface area (Å²) in [6.07, 6.45) is 2.27. The summed E-state index contributed by atoms with van der Waals surface area (Å²) in [5.41, 5.74) is 12.0. The Morgan fingerprint density at radius 3 is 2.62 bits per heavy atom. The number of aliphatic carboxylic acids is 1. The Balaban J connectivity index is 1.33. The molecule has 0 aromatic heterocycles. The van der Waals surface area contributed by atoms with Crippen molar-refractivity contribution in [2.24, 2.45) is 11.8 Å². The highest BCUT2D eigenvalue weighted by Gasteiger charge is 2.46. The van der Waals surface area contributed by atoms with Gasteiger partial charge >= 0.3 is 5.97 Å². The van der Waals surface area contributed by atoms with Crippen molar-refractivity contribution in [1.82, 2.24) is 4.31 Å². The molecular formula is C32H38N4O5S. The second kappa shape index (κ2) is 11.3. The normalized spacial score (nSPS) is 20.2. The van der Waals surface area contributed by atoms with Gasteiger partial charge in [-0.1, -0.05) is 36.4 Å². The maximum absolute atomic E-state index is 13.8. The van der Waals surface area contributed by atoms with Crippen LogP contribution in [0.15, 0.2) is 59.5 Å². The van der Waals surface area contributed by atoms with Gasteiger partial charge in [0.2, 0.25) is 0 Å². The molecule has 1 saturated carbocycles. The number of nitrogen functional groups attached to an aromatic ring is 1. The number of carbonyl (C=O) groups is 1. The summed E-state index contributed by atoms with van der Waals surface area (Å²) < 4.78 is 27.6. The number of hydrazine groups is 1. The van der Waals surface area contributed by atoms with E-state index in [1.165, 1.54) is 12.8 Å². The van der Waals surface area contributed by atoms with Gasteiger partial charge in [0.1, 0.15) is 16.7 Å². The number of para-hydroxylation sites is 1. The Labute approximate surface area is 248 Å². The Kier molecular flexibility index (Phi) is 7.74. The van der Waals surface area contributed by atoms with Crippen molar-refractivity contribution in [2.75, 3.05) is 37.0 Å². The van der Waals surface area contributed by atoms with Gasteiger partial charge in [-0.2, -0.15) is 0 Å². The Morgan fingerprint density at radius 2 is 1.93 bits per heavy atom. The lowest BCUT2D eigenvalue weighted by Crippen LogP contribution is -2.60. The second-order valence-electron chi connectivity index (χ2n) is 11.9. The smallest absolute Gasteiger partial charge is 0.304 e. The number of carboxylic acids is 1. The monoisotopic (exact) mass is 590 g/mol. The molecule has 2 heterocycles. The topological polar surface area (TPSA) is 131 Å². The number of nitrogens with zero attached hydrogens (tertiary/aromatic N) is 2. The average molecular weight is 591 g/mol. The molecule has 5 N–H and O–H groups in total. The average Bonchev–Trinajstić information content (AvgIpc) is 3.77. The zero-order valence-electron chi connectivity index (χ0n) is 24.0. The maximum atomic E-state index is 13.8. The lowest BCUT2D eigenvalue weighted by atomic mass is 9.84. The van der Waals surface area contributed by atoms with Crippen LogP contribution in [0.1, 0.15) is 53.0 Å². The number of nitrogens with two attached hydrogens (primary N) is 2. The SMILES string of the molecule is Cc1ccc(C(CC(=O)O)c2ccc(N(N)CC3CC3)c(N)c2C)cc1CN1CC2(COC2)Oc2ccccc2S1=O. The molecule has 6 rings (SSSR count). The first-order valence-corrected chi connectivity index (χ1v) is 15.5. The van der Waals surface area contributed by atoms with E-state index in [1.54, 1.807) is 5.01 Å². The van der Waals surface area contributed by atoms with Crippen LogP contribution < -0.4 is 21.3 Å². The maximum Gasteiger partial charge on any atom is 0.304 e. The highest BCUT2D eigenvalue weighted by atomic mass is 32.2. The van der Waals surface area contributed by atoms with Gasteiger partial charge in [0.25, 0.3) is 0 Å². The van der Waals surface area contributed by atoms with Crippen LogP contribution in [-0.4, -0.2) is 51.5 Å². The predicted octanol–water partition coefficient (Wildman–Crippen LogP) is 4.27. The van der Waals surface area contributed by atoms with Gasteiger partial charge in [-0.25, -0.2) is 14.4 Å². The van der Waals surface area contributed by atoms with Crippen molar-refractivity contribution in [2.45, 2.75) is 56.1 Å². The molecule has 1 saturated heterocycles. The molecule has 3 aromatic carbocycles. The van der Waals surface area contributed by atoms with Crippen molar-refractivity contribution >= 4 is 28.3 Å². The van der Waals surface area contributed by atoms with Crippen molar-refractivity contribution in [3.8, 4) is 5.75 Å². The van der Waals surface area contributed by atoms with E-state index in [-0.39, 0.29) is 6.42 Å². The van der Waals surface area contributed by atoms with E-state index in [4.69, 9.17) is 21.1 Å². The van der Waals surface area contributed by atoms with Crippen molar-refractivity contribution in [3.63, 3.8) is 0 Å². The summed E-state index contributed by atoms with van der Waals surface area (Å²) in [4.78, 5) is 12.7. The standard InChI is InChI=1S/C32H38N4O5S/c1-20-7-10-23(26(14-30(37)38)25-11-12-27(31(33)21(25)2)36(34)15-22-8-9-22)13-24(20)16-35-17-32(18-40-19-32)41-28-5-3-4-6-29(28)42(35)39/h3-7,10-13,22,26H,8-9,14-19,33-34H2,1-2H3,(H,37,38). The minimum Gasteiger partial charge on any atom is -0.481 e. The number of rotatable bonds is 9. The zero-order chi connectivity index (χ0) is 29.6. The van der Waals surface area contributed by atoms with Crippen LogP contribution in [0.25, 0.3) is 0 Å². The molecule has 0 bridgehead atoms. The van der Waals surface area contributed by atoms with Gasteiger partial charge in [-0.05, 0) is 78.6 Å². The number of anilines is 2. The number of fused-ring (bicyclic) bond motifs is 1. The molecule has 0 radical (unpaired) electrons. The fourth-order valence-electron chi connectivity index (χ4n) is 5.94. The second-order valence-corrected chi connectivity index (χ2v) is 13.4. The highest BCUT2D eigenvalue weighted by molar-refractivity contribution is 7.82. The molecule has 1 spiro atoms. The number of aryl methyl sites for hydroxylation is 1. The summed E-state index contributed by atoms with van der Waals surface area (Å²) in [5.74, 6) is 6.26. The summed E-state index contributed by atoms with van der Waals surface area (Å²) in [6, 6.07) is 17.4. The first kappa shape index (κ1) is 28.7. The van der Waals surface area contributed by atoms with Crippen molar-refractivity contribution < 1.29 is 23.6 Å². The van der Waals surface area contributed by atoms with Gasteiger partial charge in [0.05, 0.1) is 42.4 Å². The molecule has 1 aliphatic carbocycles. The first-order chi connectivity index (χ1) is 20.1. The first-order valence-electron chi connectivity index (χ1n) is 14.4. The molecule has 222 valence electrons. The molecule has 42 heavy (non-hydrogen) atoms. The lowest BCUT2D eigenvalue weighted by Gasteiger charge is -2.42. The van der Waals surface area contributed by atoms with E-state index < -0.39 is 28.5 Å². The lowest BCUT2D eigenvalue weighted by molar-refractivity contribution is -0.165. The third-order valence-electron chi connectivity index (χ3n) is 8.66. The van der Waals surface area contributed by atoms with E-state index >= 15 is 0 Å². The molecule has 3 aliphatic rings. The fraction of sp³-hybridized carbons (Fsp3) is 0.406. The summed E-state index contributed by atoms with van der Waals surface area (Å²) >= 11 is 0. The predicted molar refractivity (Wildman–Crippen MR) is 163 cm³/mol. The molecule has 2 aliphatic heterocycles. The van der Waals surface area contributed by atoms with Crippen LogP contribution in [-0.2, 0) is 27.1 Å². The van der Waals surface area contributed by atoms with Gasteiger partial charge < -0.3 is 25.3 Å². The summed E-state index contributed by atoms with van der Waals surface area (Å²) in [7, 11) is -1.44. The summed E-state index contributed by atoms with van der Waals surface area (Å²) in [6.45, 7) is 6.44. The number of hydrogen-bond donors (Lipinski definition) is 3. The molecule has 9 nitrogen and oxygen atoms in total. The minimum absolute atomic E-state index is 0.0894. The van der Waals surface area contributed by atoms with Crippen molar-refractivity contribution in [3.05, 3.63) is 82.4 Å². The van der Waals surface area contributed by atoms with Crippen LogP contribution in [0.4, 0.5) is 11.4 Å². The van der Waals surface area contributed by atoms with E-state index in [0.717, 1.165) is 40.0 Å². The van der Waals surface area contributed by atoms with E-state index in [9.17, 15) is 14.1 Å². The molecule has 2 unspecified atom stereocenters. The van der Waals surface area contributed by atoms with E-state index in [0.29, 0.717) is 48.6 Å².